The molecule has 2 aromatic carbocycles. The van der Waals surface area contributed by atoms with Gasteiger partial charge in [0.15, 0.2) is 0 Å². The Balaban J connectivity index is 1.02. The van der Waals surface area contributed by atoms with E-state index in [1.807, 2.05) is 0 Å². The quantitative estimate of drug-likeness (QED) is 0.111. The van der Waals surface area contributed by atoms with Gasteiger partial charge < -0.3 is 4.74 Å². The average molecular weight is 583 g/mol. The molecule has 0 radical (unpaired) electrons. The first-order valence-corrected chi connectivity index (χ1v) is 18.3. The summed E-state index contributed by atoms with van der Waals surface area (Å²) < 4.78 is 6.10. The maximum Gasteiger partial charge on any atom is 0.0503 e. The second-order valence-corrected chi connectivity index (χ2v) is 13.7. The van der Waals surface area contributed by atoms with Crippen LogP contribution in [0.4, 0.5) is 0 Å². The van der Waals surface area contributed by atoms with E-state index in [4.69, 9.17) is 4.74 Å². The molecule has 0 N–H and O–H groups in total. The molecule has 43 heavy (non-hydrogen) atoms. The summed E-state index contributed by atoms with van der Waals surface area (Å²) in [4.78, 5) is 0. The van der Waals surface area contributed by atoms with Gasteiger partial charge in [-0.3, -0.25) is 0 Å². The van der Waals surface area contributed by atoms with Gasteiger partial charge in [-0.1, -0.05) is 111 Å². The lowest BCUT2D eigenvalue weighted by Gasteiger charge is -2.23. The van der Waals surface area contributed by atoms with Gasteiger partial charge in [-0.15, -0.1) is 0 Å². The number of aryl methyl sites for hydroxylation is 4. The molecule has 0 aromatic heterocycles. The molecule has 0 bridgehead atoms. The topological polar surface area (TPSA) is 9.23 Å². The van der Waals surface area contributed by atoms with Crippen molar-refractivity contribution in [1.29, 1.82) is 0 Å². The highest BCUT2D eigenvalue weighted by molar-refractivity contribution is 5.24. The molecule has 0 spiro atoms. The van der Waals surface area contributed by atoms with E-state index in [-0.39, 0.29) is 0 Å². The fourth-order valence-electron chi connectivity index (χ4n) is 7.02. The second-order valence-electron chi connectivity index (χ2n) is 13.7. The standard InChI is InChI=1S/C42H62O/c1-3-5-7-9-35-11-15-37(16-12-35)19-21-39-23-27-41(28-24-39)31-33-43-34-32-42-29-25-40(26-30-42)22-20-38-17-13-36(14-18-38)10-8-6-4-2/h11-18,27,29,39-40H,3-10,19-26,28,30-34H2,1-2H3. The number of hydrogen-bond acceptors (Lipinski definition) is 1. The van der Waals surface area contributed by atoms with Crippen LogP contribution in [0.2, 0.25) is 0 Å². The van der Waals surface area contributed by atoms with Crippen LogP contribution in [0.5, 0.6) is 0 Å². The number of ether oxygens (including phenoxy) is 1. The first-order chi connectivity index (χ1) is 21.2. The monoisotopic (exact) mass is 582 g/mol. The molecule has 0 heterocycles. The Morgan fingerprint density at radius 1 is 0.512 bits per heavy atom. The van der Waals surface area contributed by atoms with E-state index < -0.39 is 0 Å². The van der Waals surface area contributed by atoms with Crippen LogP contribution < -0.4 is 0 Å². The molecule has 4 rings (SSSR count). The molecule has 2 aliphatic rings. The summed E-state index contributed by atoms with van der Waals surface area (Å²) >= 11 is 0. The third-order valence-corrected chi connectivity index (χ3v) is 10.2. The van der Waals surface area contributed by atoms with E-state index in [1.165, 1.54) is 138 Å². The van der Waals surface area contributed by atoms with E-state index in [2.05, 4.69) is 74.5 Å². The highest BCUT2D eigenvalue weighted by Crippen LogP contribution is 2.30. The van der Waals surface area contributed by atoms with Gasteiger partial charge in [0.1, 0.15) is 0 Å². The summed E-state index contributed by atoms with van der Waals surface area (Å²) in [6, 6.07) is 19.0. The minimum absolute atomic E-state index is 0.858. The summed E-state index contributed by atoms with van der Waals surface area (Å²) in [7, 11) is 0. The zero-order valence-electron chi connectivity index (χ0n) is 27.9. The van der Waals surface area contributed by atoms with Gasteiger partial charge in [-0.2, -0.15) is 0 Å². The molecule has 0 aliphatic heterocycles. The minimum Gasteiger partial charge on any atom is -0.381 e. The van der Waals surface area contributed by atoms with Crippen molar-refractivity contribution in [1.82, 2.24) is 0 Å². The SMILES string of the molecule is CCCCCc1ccc(CCC2CC=C(CCOCCC3=CCC(CCc4ccc(CCCCC)cc4)CC3)CC2)cc1. The summed E-state index contributed by atoms with van der Waals surface area (Å²) in [6.07, 6.45) is 30.7. The number of allylic oxidation sites excluding steroid dienone is 2. The first-order valence-electron chi connectivity index (χ1n) is 18.3. The van der Waals surface area contributed by atoms with E-state index >= 15 is 0 Å². The van der Waals surface area contributed by atoms with E-state index in [0.29, 0.717) is 0 Å². The molecule has 1 nitrogen and oxygen atoms in total. The lowest BCUT2D eigenvalue weighted by Crippen LogP contribution is -2.10. The average Bonchev–Trinajstić information content (AvgIpc) is 3.05. The van der Waals surface area contributed by atoms with Crippen molar-refractivity contribution in [3.05, 3.63) is 94.1 Å². The van der Waals surface area contributed by atoms with Gasteiger partial charge in [0.2, 0.25) is 0 Å². The van der Waals surface area contributed by atoms with Crippen molar-refractivity contribution in [2.24, 2.45) is 11.8 Å². The summed E-state index contributed by atoms with van der Waals surface area (Å²) in [5.74, 6) is 1.72. The third kappa shape index (κ3) is 13.2. The predicted octanol–water partition coefficient (Wildman–Crippen LogP) is 12.0. The van der Waals surface area contributed by atoms with Crippen LogP contribution in [-0.4, -0.2) is 13.2 Å². The smallest absolute Gasteiger partial charge is 0.0503 e. The Morgan fingerprint density at radius 2 is 0.907 bits per heavy atom. The molecule has 0 saturated heterocycles. The molecule has 2 unspecified atom stereocenters. The molecule has 1 heteroatoms. The molecular weight excluding hydrogens is 520 g/mol. The molecule has 2 aliphatic carbocycles. The fourth-order valence-corrected chi connectivity index (χ4v) is 7.02. The van der Waals surface area contributed by atoms with Gasteiger partial charge in [0.05, 0.1) is 13.2 Å². The first kappa shape index (κ1) is 33.8. The van der Waals surface area contributed by atoms with Crippen molar-refractivity contribution in [3.63, 3.8) is 0 Å². The van der Waals surface area contributed by atoms with Crippen LogP contribution in [0.15, 0.2) is 71.8 Å². The fraction of sp³-hybridized carbons (Fsp3) is 0.619. The highest BCUT2D eigenvalue weighted by Gasteiger charge is 2.16. The minimum atomic E-state index is 0.858. The summed E-state index contributed by atoms with van der Waals surface area (Å²) in [5, 5.41) is 0. The zero-order valence-corrected chi connectivity index (χ0v) is 27.9. The maximum absolute atomic E-state index is 6.10. The van der Waals surface area contributed by atoms with Gasteiger partial charge in [0, 0.05) is 0 Å². The van der Waals surface area contributed by atoms with Crippen LogP contribution >= 0.6 is 0 Å². The van der Waals surface area contributed by atoms with Crippen LogP contribution in [0.25, 0.3) is 0 Å². The largest absolute Gasteiger partial charge is 0.381 e. The lowest BCUT2D eigenvalue weighted by atomic mass is 9.84. The van der Waals surface area contributed by atoms with Crippen LogP contribution in [0.3, 0.4) is 0 Å². The maximum atomic E-state index is 6.10. The van der Waals surface area contributed by atoms with E-state index in [9.17, 15) is 0 Å². The Kier molecular flexibility index (Phi) is 15.7. The van der Waals surface area contributed by atoms with E-state index in [1.54, 1.807) is 11.1 Å². The number of benzene rings is 2. The van der Waals surface area contributed by atoms with E-state index in [0.717, 1.165) is 37.9 Å². The van der Waals surface area contributed by atoms with Crippen molar-refractivity contribution >= 4 is 0 Å². The lowest BCUT2D eigenvalue weighted by molar-refractivity contribution is 0.138. The Morgan fingerprint density at radius 3 is 1.26 bits per heavy atom. The number of hydrogen-bond donors (Lipinski definition) is 0. The molecule has 2 atom stereocenters. The van der Waals surface area contributed by atoms with Crippen molar-refractivity contribution in [3.8, 4) is 0 Å². The Bertz CT molecular complexity index is 985. The molecule has 0 amide bonds. The van der Waals surface area contributed by atoms with Crippen molar-refractivity contribution in [2.75, 3.05) is 13.2 Å². The van der Waals surface area contributed by atoms with Gasteiger partial charge in [-0.05, 0) is 137 Å². The molecule has 2 aromatic rings. The van der Waals surface area contributed by atoms with Gasteiger partial charge in [0.25, 0.3) is 0 Å². The molecule has 236 valence electrons. The number of unbranched alkanes of at least 4 members (excludes halogenated alkanes) is 4. The second kappa shape index (κ2) is 20.0. The Labute approximate surface area is 265 Å². The van der Waals surface area contributed by atoms with Gasteiger partial charge >= 0.3 is 0 Å². The summed E-state index contributed by atoms with van der Waals surface area (Å²) in [5.41, 5.74) is 9.33. The van der Waals surface area contributed by atoms with Crippen molar-refractivity contribution < 1.29 is 4.74 Å². The predicted molar refractivity (Wildman–Crippen MR) is 187 cm³/mol. The van der Waals surface area contributed by atoms with Crippen LogP contribution in [-0.2, 0) is 30.4 Å². The third-order valence-electron chi connectivity index (χ3n) is 10.2. The van der Waals surface area contributed by atoms with Crippen LogP contribution in [0.1, 0.15) is 139 Å². The normalized spacial score (nSPS) is 18.8. The zero-order chi connectivity index (χ0) is 30.0. The Hall–Kier alpha value is -2.12. The number of rotatable bonds is 20. The van der Waals surface area contributed by atoms with Crippen molar-refractivity contribution in [2.45, 2.75) is 142 Å². The van der Waals surface area contributed by atoms with Gasteiger partial charge in [-0.25, -0.2) is 0 Å². The molecule has 0 fully saturated rings. The molecular formula is C42H62O. The van der Waals surface area contributed by atoms with Crippen LogP contribution in [0, 0.1) is 11.8 Å². The summed E-state index contributed by atoms with van der Waals surface area (Å²) in [6.45, 7) is 6.35. The molecule has 0 saturated carbocycles. The highest BCUT2D eigenvalue weighted by atomic mass is 16.5.